The zero-order valence-corrected chi connectivity index (χ0v) is 36.1. The third kappa shape index (κ3) is 9.61. The van der Waals surface area contributed by atoms with Gasteiger partial charge in [0.05, 0.1) is 13.2 Å². The van der Waals surface area contributed by atoms with Crippen molar-refractivity contribution in [2.75, 3.05) is 13.2 Å². The summed E-state index contributed by atoms with van der Waals surface area (Å²) in [6.07, 6.45) is 4.65. The van der Waals surface area contributed by atoms with Gasteiger partial charge in [0, 0.05) is 24.2 Å². The van der Waals surface area contributed by atoms with Gasteiger partial charge in [-0.25, -0.2) is 0 Å². The molecule has 0 aromatic heterocycles. The molecule has 1 aliphatic carbocycles. The van der Waals surface area contributed by atoms with Crippen molar-refractivity contribution in [3.05, 3.63) is 168 Å². The molecule has 59 heavy (non-hydrogen) atoms. The van der Waals surface area contributed by atoms with Crippen LogP contribution >= 0.6 is 0 Å². The Morgan fingerprint density at radius 2 is 1.03 bits per heavy atom. The van der Waals surface area contributed by atoms with Gasteiger partial charge in [0.15, 0.2) is 11.6 Å². The Morgan fingerprint density at radius 3 is 1.47 bits per heavy atom. The van der Waals surface area contributed by atoms with Gasteiger partial charge in [-0.15, -0.1) is 0 Å². The van der Waals surface area contributed by atoms with Crippen molar-refractivity contribution in [3.63, 3.8) is 0 Å². The first-order valence-corrected chi connectivity index (χ1v) is 20.7. The Morgan fingerprint density at radius 1 is 0.610 bits per heavy atom. The quantitative estimate of drug-likeness (QED) is 0.0776. The minimum absolute atomic E-state index is 0.146. The molecular weight excluding hydrogens is 733 g/mol. The summed E-state index contributed by atoms with van der Waals surface area (Å²) >= 11 is 0. The minimum atomic E-state index is -0.935. The minimum Gasteiger partial charge on any atom is -0.488 e. The molecule has 6 heteroatoms. The van der Waals surface area contributed by atoms with Crippen LogP contribution in [0.25, 0.3) is 10.8 Å². The summed E-state index contributed by atoms with van der Waals surface area (Å²) in [5.74, 6) is 1.40. The number of hydrogen-bond donors (Lipinski definition) is 0. The summed E-state index contributed by atoms with van der Waals surface area (Å²) in [6.45, 7) is 23.2. The van der Waals surface area contributed by atoms with Crippen LogP contribution in [0.1, 0.15) is 108 Å². The maximum absolute atomic E-state index is 12.3. The fraction of sp³-hybridized carbons (Fsp3) is 0.358. The summed E-state index contributed by atoms with van der Waals surface area (Å²) in [5, 5.41) is 2.43. The van der Waals surface area contributed by atoms with Gasteiger partial charge in [-0.05, 0) is 143 Å². The van der Waals surface area contributed by atoms with E-state index in [1.807, 2.05) is 27.7 Å². The standard InChI is InChI=1S/C53H60O6/c1-11-47(54)51(7,8)56-32-30-49(3,4)58-42-26-22-40(23-27-42)53(41-24-28-43(29-25-41)59-50(5,6)31-33-57-52(9,10)48(55)12-2)36-45(37-18-14-13-15-19-37)44-34-38-20-16-17-21-39(38)35-46(44)53/h11-29,34-35,45H,1-2,30-33,36H2,3-10H3. The topological polar surface area (TPSA) is 71.1 Å². The lowest BCUT2D eigenvalue weighted by Crippen LogP contribution is -2.37. The molecular formula is C53H60O6. The zero-order chi connectivity index (χ0) is 42.6. The molecule has 0 heterocycles. The highest BCUT2D eigenvalue weighted by molar-refractivity contribution is 5.96. The average Bonchev–Trinajstić information content (AvgIpc) is 3.54. The molecule has 5 aromatic rings. The van der Waals surface area contributed by atoms with E-state index in [1.54, 1.807) is 27.7 Å². The summed E-state index contributed by atoms with van der Waals surface area (Å²) in [4.78, 5) is 24.5. The van der Waals surface area contributed by atoms with E-state index in [0.717, 1.165) is 17.9 Å². The van der Waals surface area contributed by atoms with Gasteiger partial charge in [0.25, 0.3) is 0 Å². The maximum Gasteiger partial charge on any atom is 0.186 e. The molecule has 308 valence electrons. The molecule has 0 amide bonds. The lowest BCUT2D eigenvalue weighted by Gasteiger charge is -2.34. The van der Waals surface area contributed by atoms with Gasteiger partial charge in [-0.2, -0.15) is 0 Å². The van der Waals surface area contributed by atoms with Crippen LogP contribution in [0.4, 0.5) is 0 Å². The highest BCUT2D eigenvalue weighted by Crippen LogP contribution is 2.57. The van der Waals surface area contributed by atoms with Crippen LogP contribution in [-0.2, 0) is 24.5 Å². The van der Waals surface area contributed by atoms with E-state index in [2.05, 4.69) is 128 Å². The summed E-state index contributed by atoms with van der Waals surface area (Å²) in [7, 11) is 0. The third-order valence-corrected chi connectivity index (χ3v) is 11.8. The molecule has 6 nitrogen and oxygen atoms in total. The smallest absolute Gasteiger partial charge is 0.186 e. The molecule has 1 unspecified atom stereocenters. The molecule has 0 N–H and O–H groups in total. The summed E-state index contributed by atoms with van der Waals surface area (Å²) in [5.41, 5.74) is 2.80. The Bertz CT molecular complexity index is 2180. The highest BCUT2D eigenvalue weighted by Gasteiger charge is 2.47. The van der Waals surface area contributed by atoms with Crippen LogP contribution < -0.4 is 9.47 Å². The van der Waals surface area contributed by atoms with Gasteiger partial charge in [0.1, 0.15) is 33.9 Å². The second-order valence-corrected chi connectivity index (χ2v) is 18.0. The van der Waals surface area contributed by atoms with Crippen molar-refractivity contribution >= 4 is 22.3 Å². The van der Waals surface area contributed by atoms with Crippen molar-refractivity contribution in [2.24, 2.45) is 0 Å². The molecule has 0 spiro atoms. The van der Waals surface area contributed by atoms with Crippen molar-refractivity contribution in [3.8, 4) is 11.5 Å². The van der Waals surface area contributed by atoms with Gasteiger partial charge >= 0.3 is 0 Å². The lowest BCUT2D eigenvalue weighted by atomic mass is 9.69. The predicted molar refractivity (Wildman–Crippen MR) is 239 cm³/mol. The number of fused-ring (bicyclic) bond motifs is 2. The lowest BCUT2D eigenvalue weighted by molar-refractivity contribution is -0.136. The molecule has 0 saturated heterocycles. The molecule has 1 atom stereocenters. The number of carbonyl (C=O) groups is 2. The van der Waals surface area contributed by atoms with Gasteiger partial charge in [0.2, 0.25) is 0 Å². The fourth-order valence-corrected chi connectivity index (χ4v) is 8.23. The number of ether oxygens (including phenoxy) is 4. The monoisotopic (exact) mass is 792 g/mol. The van der Waals surface area contributed by atoms with Gasteiger partial charge in [-0.3, -0.25) is 9.59 Å². The number of carbonyl (C=O) groups excluding carboxylic acids is 2. The fourth-order valence-electron chi connectivity index (χ4n) is 8.23. The van der Waals surface area contributed by atoms with Crippen LogP contribution in [0, 0.1) is 0 Å². The van der Waals surface area contributed by atoms with Crippen molar-refractivity contribution in [1.82, 2.24) is 0 Å². The van der Waals surface area contributed by atoms with Crippen molar-refractivity contribution in [1.29, 1.82) is 0 Å². The molecule has 0 bridgehead atoms. The number of benzene rings is 5. The molecule has 0 saturated carbocycles. The van der Waals surface area contributed by atoms with Crippen LogP contribution in [-0.4, -0.2) is 47.2 Å². The SMILES string of the molecule is C=CC(=O)C(C)(C)OCCC(C)(C)Oc1ccc(C2(c3ccc(OC(C)(C)CCOC(C)(C)C(=O)C=C)cc3)CC(c3ccccc3)c3cc4ccccc4cc32)cc1. The Balaban J connectivity index is 1.34. The normalized spacial score (nSPS) is 15.4. The molecule has 6 rings (SSSR count). The van der Waals surface area contributed by atoms with E-state index < -0.39 is 27.8 Å². The van der Waals surface area contributed by atoms with Gasteiger partial charge in [-0.1, -0.05) is 98.1 Å². The van der Waals surface area contributed by atoms with E-state index in [9.17, 15) is 9.59 Å². The van der Waals surface area contributed by atoms with Crippen LogP contribution in [0.5, 0.6) is 11.5 Å². The maximum atomic E-state index is 12.3. The molecule has 0 radical (unpaired) electrons. The van der Waals surface area contributed by atoms with E-state index >= 15 is 0 Å². The Labute approximate surface area is 351 Å². The first-order valence-electron chi connectivity index (χ1n) is 20.7. The largest absolute Gasteiger partial charge is 0.488 e. The van der Waals surface area contributed by atoms with E-state index in [0.29, 0.717) is 26.1 Å². The number of rotatable bonds is 19. The molecule has 0 fully saturated rings. The second kappa shape index (κ2) is 17.1. The molecule has 0 aliphatic heterocycles. The van der Waals surface area contributed by atoms with E-state index in [4.69, 9.17) is 18.9 Å². The first-order chi connectivity index (χ1) is 27.9. The second-order valence-electron chi connectivity index (χ2n) is 18.0. The van der Waals surface area contributed by atoms with Crippen LogP contribution in [0.3, 0.4) is 0 Å². The zero-order valence-electron chi connectivity index (χ0n) is 36.1. The first kappa shape index (κ1) is 43.3. The van der Waals surface area contributed by atoms with E-state index in [1.165, 1.54) is 50.7 Å². The average molecular weight is 793 g/mol. The third-order valence-electron chi connectivity index (χ3n) is 11.8. The van der Waals surface area contributed by atoms with E-state index in [-0.39, 0.29) is 17.5 Å². The summed E-state index contributed by atoms with van der Waals surface area (Å²) < 4.78 is 25.1. The van der Waals surface area contributed by atoms with Gasteiger partial charge < -0.3 is 18.9 Å². The number of hydrogen-bond acceptors (Lipinski definition) is 6. The van der Waals surface area contributed by atoms with Crippen LogP contribution in [0.15, 0.2) is 141 Å². The predicted octanol–water partition coefficient (Wildman–Crippen LogP) is 11.9. The number of ketones is 2. The van der Waals surface area contributed by atoms with Crippen LogP contribution in [0.2, 0.25) is 0 Å². The summed E-state index contributed by atoms with van der Waals surface area (Å²) in [6, 6.07) is 41.4. The highest BCUT2D eigenvalue weighted by atomic mass is 16.5. The Hall–Kier alpha value is -5.30. The molecule has 1 aliphatic rings. The van der Waals surface area contributed by atoms with Crippen molar-refractivity contribution in [2.45, 2.75) is 108 Å². The van der Waals surface area contributed by atoms with Crippen molar-refractivity contribution < 1.29 is 28.5 Å². The molecule has 5 aromatic carbocycles. The Kier molecular flexibility index (Phi) is 12.6.